The van der Waals surface area contributed by atoms with Gasteiger partial charge < -0.3 is 15.7 Å². The van der Waals surface area contributed by atoms with E-state index in [0.29, 0.717) is 17.4 Å². The summed E-state index contributed by atoms with van der Waals surface area (Å²) in [5.41, 5.74) is 1.03. The van der Waals surface area contributed by atoms with Gasteiger partial charge in [0.25, 0.3) is 0 Å². The number of benzene rings is 2. The van der Waals surface area contributed by atoms with Crippen molar-refractivity contribution in [2.45, 2.75) is 10.8 Å². The van der Waals surface area contributed by atoms with Crippen LogP contribution in [-0.4, -0.2) is 52.0 Å². The van der Waals surface area contributed by atoms with Crippen LogP contribution in [0, 0.1) is 0 Å². The van der Waals surface area contributed by atoms with Crippen molar-refractivity contribution >= 4 is 15.8 Å². The summed E-state index contributed by atoms with van der Waals surface area (Å²) < 4.78 is 24.5. The fraction of sp³-hybridized carbons (Fsp3) is 0.316. The Bertz CT molecular complexity index is 793. The van der Waals surface area contributed by atoms with E-state index in [1.807, 2.05) is 30.3 Å². The number of hydrogen-bond acceptors (Lipinski definition) is 4. The molecule has 0 radical (unpaired) electrons. The van der Waals surface area contributed by atoms with Gasteiger partial charge in [0.05, 0.1) is 17.3 Å². The topological polar surface area (TPSA) is 90.8 Å². The van der Waals surface area contributed by atoms with Crippen LogP contribution < -0.4 is 10.6 Å². The Labute approximate surface area is 154 Å². The monoisotopic (exact) mass is 375 g/mol. The molecule has 0 aliphatic rings. The van der Waals surface area contributed by atoms with E-state index in [2.05, 4.69) is 15.6 Å². The Morgan fingerprint density at radius 3 is 2.23 bits per heavy atom. The maximum absolute atomic E-state index is 12.3. The SMILES string of the molecule is CN=C(NCCS(=O)(=O)c1ccccc1)NCC(CO)c1ccccc1. The molecule has 0 aliphatic heterocycles. The van der Waals surface area contributed by atoms with Crippen molar-refractivity contribution in [3.05, 3.63) is 66.2 Å². The zero-order valence-corrected chi connectivity index (χ0v) is 15.6. The molecule has 7 heteroatoms. The Hall–Kier alpha value is -2.38. The molecule has 0 amide bonds. The number of nitrogens with zero attached hydrogens (tertiary/aromatic N) is 1. The van der Waals surface area contributed by atoms with Crippen LogP contribution in [0.25, 0.3) is 0 Å². The van der Waals surface area contributed by atoms with Gasteiger partial charge >= 0.3 is 0 Å². The van der Waals surface area contributed by atoms with Crippen molar-refractivity contribution in [1.82, 2.24) is 10.6 Å². The van der Waals surface area contributed by atoms with Gasteiger partial charge in [0.1, 0.15) is 0 Å². The number of guanidine groups is 1. The second-order valence-electron chi connectivity index (χ2n) is 5.80. The smallest absolute Gasteiger partial charge is 0.191 e. The third kappa shape index (κ3) is 5.86. The summed E-state index contributed by atoms with van der Waals surface area (Å²) in [6.45, 7) is 0.744. The largest absolute Gasteiger partial charge is 0.396 e. The Balaban J connectivity index is 1.84. The Kier molecular flexibility index (Phi) is 7.62. The quantitative estimate of drug-likeness (QED) is 0.479. The van der Waals surface area contributed by atoms with Crippen LogP contribution >= 0.6 is 0 Å². The van der Waals surface area contributed by atoms with E-state index in [1.54, 1.807) is 37.4 Å². The molecule has 6 nitrogen and oxygen atoms in total. The third-order valence-electron chi connectivity index (χ3n) is 4.00. The molecule has 3 N–H and O–H groups in total. The molecular formula is C19H25N3O3S. The van der Waals surface area contributed by atoms with Crippen LogP contribution in [0.3, 0.4) is 0 Å². The van der Waals surface area contributed by atoms with Crippen molar-refractivity contribution in [3.8, 4) is 0 Å². The summed E-state index contributed by atoms with van der Waals surface area (Å²) in [5.74, 6) is 0.408. The van der Waals surface area contributed by atoms with Crippen molar-refractivity contribution in [2.24, 2.45) is 4.99 Å². The minimum atomic E-state index is -3.33. The van der Waals surface area contributed by atoms with E-state index in [4.69, 9.17) is 0 Å². The number of rotatable bonds is 8. The lowest BCUT2D eigenvalue weighted by Gasteiger charge is -2.18. The number of hydrogen-bond donors (Lipinski definition) is 3. The van der Waals surface area contributed by atoms with Crippen LogP contribution in [-0.2, 0) is 9.84 Å². The molecule has 2 aromatic rings. The molecule has 140 valence electrons. The summed E-state index contributed by atoms with van der Waals surface area (Å²) in [5, 5.41) is 15.7. The maximum atomic E-state index is 12.3. The van der Waals surface area contributed by atoms with E-state index in [9.17, 15) is 13.5 Å². The van der Waals surface area contributed by atoms with Gasteiger partial charge in [0.2, 0.25) is 0 Å². The van der Waals surface area contributed by atoms with Crippen molar-refractivity contribution in [2.75, 3.05) is 32.5 Å². The molecule has 1 atom stereocenters. The minimum absolute atomic E-state index is 0.0103. The number of sulfone groups is 1. The highest BCUT2D eigenvalue weighted by Crippen LogP contribution is 2.13. The van der Waals surface area contributed by atoms with Crippen LogP contribution in [0.4, 0.5) is 0 Å². The predicted octanol–water partition coefficient (Wildman–Crippen LogP) is 1.40. The molecule has 0 bridgehead atoms. The molecule has 1 unspecified atom stereocenters. The fourth-order valence-electron chi connectivity index (χ4n) is 2.50. The molecule has 0 spiro atoms. The average Bonchev–Trinajstić information content (AvgIpc) is 2.68. The van der Waals surface area contributed by atoms with Crippen LogP contribution in [0.2, 0.25) is 0 Å². The van der Waals surface area contributed by atoms with Crippen LogP contribution in [0.15, 0.2) is 70.6 Å². The van der Waals surface area contributed by atoms with Gasteiger partial charge in [-0.15, -0.1) is 0 Å². The summed E-state index contributed by atoms with van der Waals surface area (Å²) >= 11 is 0. The second kappa shape index (κ2) is 9.94. The first-order chi connectivity index (χ1) is 12.6. The van der Waals surface area contributed by atoms with Gasteiger partial charge in [-0.2, -0.15) is 0 Å². The van der Waals surface area contributed by atoms with E-state index in [0.717, 1.165) is 5.56 Å². The molecule has 0 heterocycles. The zero-order valence-electron chi connectivity index (χ0n) is 14.8. The van der Waals surface area contributed by atoms with E-state index < -0.39 is 9.84 Å². The lowest BCUT2D eigenvalue weighted by Crippen LogP contribution is -2.41. The molecular weight excluding hydrogens is 350 g/mol. The first-order valence-electron chi connectivity index (χ1n) is 8.45. The Morgan fingerprint density at radius 2 is 1.65 bits per heavy atom. The van der Waals surface area contributed by atoms with Crippen LogP contribution in [0.5, 0.6) is 0 Å². The normalized spacial score (nSPS) is 13.2. The van der Waals surface area contributed by atoms with Gasteiger partial charge in [-0.3, -0.25) is 4.99 Å². The number of nitrogens with one attached hydrogen (secondary N) is 2. The summed E-state index contributed by atoms with van der Waals surface area (Å²) in [7, 11) is -1.71. The average molecular weight is 375 g/mol. The van der Waals surface area contributed by atoms with Crippen molar-refractivity contribution < 1.29 is 13.5 Å². The van der Waals surface area contributed by atoms with Crippen molar-refractivity contribution in [1.29, 1.82) is 0 Å². The molecule has 2 aromatic carbocycles. The molecule has 0 aliphatic carbocycles. The first-order valence-corrected chi connectivity index (χ1v) is 10.1. The molecule has 0 saturated heterocycles. The lowest BCUT2D eigenvalue weighted by molar-refractivity contribution is 0.265. The first kappa shape index (κ1) is 19.9. The summed E-state index contributed by atoms with van der Waals surface area (Å²) in [6, 6.07) is 18.1. The molecule has 26 heavy (non-hydrogen) atoms. The molecule has 2 rings (SSSR count). The highest BCUT2D eigenvalue weighted by atomic mass is 32.2. The van der Waals surface area contributed by atoms with Crippen LogP contribution in [0.1, 0.15) is 11.5 Å². The highest BCUT2D eigenvalue weighted by Gasteiger charge is 2.14. The van der Waals surface area contributed by atoms with Gasteiger partial charge in [0, 0.05) is 26.1 Å². The van der Waals surface area contributed by atoms with Crippen molar-refractivity contribution in [3.63, 3.8) is 0 Å². The number of aliphatic imine (C=N–C) groups is 1. The number of aliphatic hydroxyl groups is 1. The Morgan fingerprint density at radius 1 is 1.04 bits per heavy atom. The van der Waals surface area contributed by atoms with Gasteiger partial charge in [0.15, 0.2) is 15.8 Å². The second-order valence-corrected chi connectivity index (χ2v) is 7.91. The fourth-order valence-corrected chi connectivity index (χ4v) is 3.68. The standard InChI is InChI=1S/C19H25N3O3S/c1-20-19(22-14-17(15-23)16-8-4-2-5-9-16)21-12-13-26(24,25)18-10-6-3-7-11-18/h2-11,17,23H,12-15H2,1H3,(H2,20,21,22). The number of aliphatic hydroxyl groups excluding tert-OH is 1. The molecule has 0 fully saturated rings. The molecule has 0 saturated carbocycles. The summed E-state index contributed by atoms with van der Waals surface area (Å²) in [4.78, 5) is 4.41. The molecule has 0 aromatic heterocycles. The third-order valence-corrected chi connectivity index (χ3v) is 5.73. The highest BCUT2D eigenvalue weighted by molar-refractivity contribution is 7.91. The van der Waals surface area contributed by atoms with E-state index in [-0.39, 0.29) is 24.8 Å². The zero-order chi connectivity index (χ0) is 18.8. The van der Waals surface area contributed by atoms with Gasteiger partial charge in [-0.1, -0.05) is 48.5 Å². The van der Waals surface area contributed by atoms with E-state index >= 15 is 0 Å². The van der Waals surface area contributed by atoms with Gasteiger partial charge in [-0.25, -0.2) is 8.42 Å². The van der Waals surface area contributed by atoms with Gasteiger partial charge in [-0.05, 0) is 17.7 Å². The maximum Gasteiger partial charge on any atom is 0.191 e. The predicted molar refractivity (Wildman–Crippen MR) is 104 cm³/mol. The summed E-state index contributed by atoms with van der Waals surface area (Å²) in [6.07, 6.45) is 0. The lowest BCUT2D eigenvalue weighted by atomic mass is 10.0. The minimum Gasteiger partial charge on any atom is -0.396 e. The van der Waals surface area contributed by atoms with E-state index in [1.165, 1.54) is 0 Å².